The maximum atomic E-state index is 14.6. The first-order valence-electron chi connectivity index (χ1n) is 17.8. The molecular weight excluding hydrogens is 702 g/mol. The average Bonchev–Trinajstić information content (AvgIpc) is 3.52. The molecule has 0 aliphatic rings. The second-order valence-electron chi connectivity index (χ2n) is 14.5. The van der Waals surface area contributed by atoms with E-state index in [0.29, 0.717) is 16.0 Å². The number of nitrogens with zero attached hydrogens (tertiary/aromatic N) is 1. The number of aromatic amines is 1. The van der Waals surface area contributed by atoms with Gasteiger partial charge in [0.25, 0.3) is 11.8 Å². The number of hydrogen-bond acceptors (Lipinski definition) is 8. The van der Waals surface area contributed by atoms with Crippen LogP contribution in [-0.2, 0) is 48.0 Å². The number of nitrogens with two attached hydrogens (primary N) is 1. The largest absolute Gasteiger partial charge is 0.481 e. The topological polar surface area (TPSA) is 201 Å². The van der Waals surface area contributed by atoms with E-state index in [9.17, 15) is 33.9 Å². The molecule has 1 aromatic heterocycles. The summed E-state index contributed by atoms with van der Waals surface area (Å²) >= 11 is 0. The van der Waals surface area contributed by atoms with Gasteiger partial charge in [0.05, 0.1) is 18.9 Å². The Morgan fingerprint density at radius 2 is 1.49 bits per heavy atom. The van der Waals surface area contributed by atoms with Crippen molar-refractivity contribution in [2.75, 3.05) is 0 Å². The monoisotopic (exact) mass is 747 g/mol. The van der Waals surface area contributed by atoms with Crippen LogP contribution in [0.4, 0.5) is 4.79 Å². The van der Waals surface area contributed by atoms with E-state index in [0.717, 1.165) is 32.8 Å². The number of fused-ring (bicyclic) bond motifs is 2. The summed E-state index contributed by atoms with van der Waals surface area (Å²) in [6.07, 6.45) is -0.879. The number of alkyl carbamates (subject to hydrolysis) is 1. The average molecular weight is 748 g/mol. The van der Waals surface area contributed by atoms with Crippen LogP contribution in [0, 0.1) is 6.92 Å². The number of ether oxygens (including phenoxy) is 1. The molecule has 6 N–H and O–H groups in total. The maximum absolute atomic E-state index is 14.6. The zero-order chi connectivity index (χ0) is 39.9. The molecule has 55 heavy (non-hydrogen) atoms. The van der Waals surface area contributed by atoms with Crippen molar-refractivity contribution in [2.24, 2.45) is 5.73 Å². The van der Waals surface area contributed by atoms with Crippen LogP contribution in [0.15, 0.2) is 97.2 Å². The highest BCUT2D eigenvalue weighted by Crippen LogP contribution is 2.22. The molecule has 0 radical (unpaired) electrons. The number of H-pyrrole nitrogens is 1. The van der Waals surface area contributed by atoms with Gasteiger partial charge in [-0.25, -0.2) is 9.69 Å². The number of carbonyl (C=O) groups excluding carboxylic acids is 5. The minimum atomic E-state index is -1.88. The molecule has 0 saturated carbocycles. The number of benzene rings is 4. The molecule has 13 heteroatoms. The lowest BCUT2D eigenvalue weighted by Gasteiger charge is -2.29. The van der Waals surface area contributed by atoms with Gasteiger partial charge in [0.2, 0.25) is 11.8 Å². The third kappa shape index (κ3) is 10.6. The molecule has 5 amide bonds. The van der Waals surface area contributed by atoms with Gasteiger partial charge < -0.3 is 31.2 Å². The van der Waals surface area contributed by atoms with E-state index >= 15 is 0 Å². The number of amides is 5. The van der Waals surface area contributed by atoms with Crippen LogP contribution in [0.25, 0.3) is 21.7 Å². The van der Waals surface area contributed by atoms with E-state index < -0.39 is 72.3 Å². The molecule has 1 heterocycles. The van der Waals surface area contributed by atoms with Crippen LogP contribution < -0.4 is 16.4 Å². The quantitative estimate of drug-likeness (QED) is 0.113. The number of carboxylic acid groups (broad SMARTS) is 1. The lowest BCUT2D eigenvalue weighted by atomic mass is 10.0. The summed E-state index contributed by atoms with van der Waals surface area (Å²) in [6.45, 7) is 6.71. The number of aryl methyl sites for hydroxylation is 1. The Balaban J connectivity index is 1.48. The molecule has 0 unspecified atom stereocenters. The van der Waals surface area contributed by atoms with Crippen LogP contribution in [0.5, 0.6) is 0 Å². The van der Waals surface area contributed by atoms with Crippen molar-refractivity contribution in [3.63, 3.8) is 0 Å². The second-order valence-corrected chi connectivity index (χ2v) is 14.5. The van der Waals surface area contributed by atoms with Gasteiger partial charge in [0, 0.05) is 23.5 Å². The number of imide groups is 3. The predicted octanol–water partition coefficient (Wildman–Crippen LogP) is 4.72. The van der Waals surface area contributed by atoms with Gasteiger partial charge in [-0.2, -0.15) is 0 Å². The number of carbonyl (C=O) groups is 6. The van der Waals surface area contributed by atoms with Crippen molar-refractivity contribution in [2.45, 2.75) is 77.1 Å². The van der Waals surface area contributed by atoms with E-state index in [1.807, 2.05) is 73.7 Å². The Bertz CT molecular complexity index is 2240. The normalized spacial score (nSPS) is 13.0. The second kappa shape index (κ2) is 17.2. The molecule has 286 valence electrons. The van der Waals surface area contributed by atoms with Gasteiger partial charge in [-0.3, -0.25) is 24.0 Å². The van der Waals surface area contributed by atoms with E-state index in [-0.39, 0.29) is 12.8 Å². The molecule has 3 atom stereocenters. The number of para-hydroxylation sites is 1. The summed E-state index contributed by atoms with van der Waals surface area (Å²) in [7, 11) is 0. The Kier molecular flexibility index (Phi) is 12.5. The van der Waals surface area contributed by atoms with Crippen molar-refractivity contribution in [1.82, 2.24) is 20.5 Å². The van der Waals surface area contributed by atoms with Crippen molar-refractivity contribution < 1.29 is 38.6 Å². The lowest BCUT2D eigenvalue weighted by molar-refractivity contribution is -0.158. The van der Waals surface area contributed by atoms with Gasteiger partial charge >= 0.3 is 12.1 Å². The first kappa shape index (κ1) is 39.9. The summed E-state index contributed by atoms with van der Waals surface area (Å²) in [5, 5.41) is 17.4. The zero-order valence-electron chi connectivity index (χ0n) is 31.1. The fraction of sp³-hybridized carbons (Fsp3) is 0.286. The summed E-state index contributed by atoms with van der Waals surface area (Å²) in [4.78, 5) is 85.4. The minimum Gasteiger partial charge on any atom is -0.481 e. The van der Waals surface area contributed by atoms with Crippen LogP contribution >= 0.6 is 0 Å². The fourth-order valence-corrected chi connectivity index (χ4v) is 6.28. The van der Waals surface area contributed by atoms with Gasteiger partial charge in [-0.1, -0.05) is 90.5 Å². The minimum absolute atomic E-state index is 0.0477. The highest BCUT2D eigenvalue weighted by Gasteiger charge is 2.40. The molecule has 0 spiro atoms. The van der Waals surface area contributed by atoms with E-state index in [1.165, 1.54) is 0 Å². The maximum Gasteiger partial charge on any atom is 0.408 e. The Morgan fingerprint density at radius 1 is 0.800 bits per heavy atom. The zero-order valence-corrected chi connectivity index (χ0v) is 31.1. The van der Waals surface area contributed by atoms with Crippen molar-refractivity contribution in [3.05, 3.63) is 119 Å². The fourth-order valence-electron chi connectivity index (χ4n) is 6.28. The number of carboxylic acids is 1. The standard InChI is InChI=1S/C42H45N5O8/c1-25-10-9-11-26(18-25)21-36(48)47(39(52)34(46-41(54)55-42(2,3)4)22-30-24-44-33-15-8-7-14-31(30)33)40(53)35(23-37(49)50)45-38(51)32(43)20-27-16-17-28-12-5-6-13-29(28)19-27/h5-19,24,32,34-35,44H,20-23,43H2,1-4H3,(H,45,51)(H,46,54)(H,49,50)/t32-,34-,35-/m0/s1. The molecule has 5 aromatic rings. The molecule has 13 nitrogen and oxygen atoms in total. The summed E-state index contributed by atoms with van der Waals surface area (Å²) in [5.74, 6) is -5.80. The van der Waals surface area contributed by atoms with Gasteiger partial charge in [0.1, 0.15) is 17.7 Å². The number of rotatable bonds is 13. The third-order valence-electron chi connectivity index (χ3n) is 8.82. The van der Waals surface area contributed by atoms with E-state index in [1.54, 1.807) is 51.2 Å². The van der Waals surface area contributed by atoms with Crippen LogP contribution in [0.3, 0.4) is 0 Å². The molecule has 0 bridgehead atoms. The van der Waals surface area contributed by atoms with Crippen LogP contribution in [-0.4, -0.2) is 74.4 Å². The lowest BCUT2D eigenvalue weighted by Crippen LogP contribution is -2.60. The highest BCUT2D eigenvalue weighted by atomic mass is 16.6. The molecule has 0 fully saturated rings. The highest BCUT2D eigenvalue weighted by molar-refractivity contribution is 6.15. The number of hydrogen-bond donors (Lipinski definition) is 5. The van der Waals surface area contributed by atoms with Crippen molar-refractivity contribution >= 4 is 57.4 Å². The molecule has 0 aliphatic heterocycles. The Labute approximate surface area is 318 Å². The first-order chi connectivity index (χ1) is 26.1. The van der Waals surface area contributed by atoms with E-state index in [4.69, 9.17) is 10.5 Å². The van der Waals surface area contributed by atoms with Crippen molar-refractivity contribution in [3.8, 4) is 0 Å². The third-order valence-corrected chi connectivity index (χ3v) is 8.82. The SMILES string of the molecule is Cc1cccc(CC(=O)N(C(=O)[C@H](Cc2c[nH]c3ccccc23)NC(=O)OC(C)(C)C)C(=O)[C@H](CC(=O)O)NC(=O)[C@@H](N)Cc2ccc3ccccc3c2)c1. The molecule has 0 aliphatic carbocycles. The van der Waals surface area contributed by atoms with Gasteiger partial charge in [-0.05, 0) is 67.6 Å². The number of nitrogens with one attached hydrogen (secondary N) is 3. The predicted molar refractivity (Wildman–Crippen MR) is 207 cm³/mol. The summed E-state index contributed by atoms with van der Waals surface area (Å²) < 4.78 is 5.44. The molecular formula is C42H45N5O8. The van der Waals surface area contributed by atoms with Crippen LogP contribution in [0.2, 0.25) is 0 Å². The molecule has 4 aromatic carbocycles. The van der Waals surface area contributed by atoms with Gasteiger partial charge in [-0.15, -0.1) is 0 Å². The number of aliphatic carboxylic acids is 1. The molecule has 5 rings (SSSR count). The number of aromatic nitrogens is 1. The summed E-state index contributed by atoms with van der Waals surface area (Å²) in [6, 6.07) is 22.7. The Morgan fingerprint density at radius 3 is 2.20 bits per heavy atom. The van der Waals surface area contributed by atoms with Crippen LogP contribution in [0.1, 0.15) is 49.4 Å². The van der Waals surface area contributed by atoms with Crippen molar-refractivity contribution in [1.29, 1.82) is 0 Å². The first-order valence-corrected chi connectivity index (χ1v) is 17.8. The van der Waals surface area contributed by atoms with Gasteiger partial charge in [0.15, 0.2) is 0 Å². The Hall–Kier alpha value is -6.34. The summed E-state index contributed by atoms with van der Waals surface area (Å²) in [5.41, 5.74) is 8.65. The van der Waals surface area contributed by atoms with E-state index in [2.05, 4.69) is 15.6 Å². The molecule has 0 saturated heterocycles. The smallest absolute Gasteiger partial charge is 0.408 e.